The number of hydrogen-bond acceptors (Lipinski definition) is 20. The van der Waals surface area contributed by atoms with Crippen LogP contribution in [0.25, 0.3) is 0 Å². The van der Waals surface area contributed by atoms with E-state index in [-0.39, 0.29) is 55.9 Å². The molecule has 91 heavy (non-hydrogen) atoms. The highest BCUT2D eigenvalue weighted by molar-refractivity contribution is 9.11. The van der Waals surface area contributed by atoms with Crippen molar-refractivity contribution in [3.8, 4) is 29.4 Å². The first-order valence-electron chi connectivity index (χ1n) is 27.7. The molecule has 0 amide bonds. The second-order valence-corrected chi connectivity index (χ2v) is 27.3. The van der Waals surface area contributed by atoms with E-state index in [0.29, 0.717) is 68.2 Å². The molecule has 31 heteroatoms. The third-order valence-electron chi connectivity index (χ3n) is 15.5. The number of rotatable bonds is 17. The second kappa shape index (κ2) is 33.1. The molecule has 4 fully saturated rings. The van der Waals surface area contributed by atoms with Crippen LogP contribution in [0.5, 0.6) is 29.4 Å². The molecule has 0 aromatic carbocycles. The molecule has 0 spiro atoms. The zero-order chi connectivity index (χ0) is 68.0. The summed E-state index contributed by atoms with van der Waals surface area (Å²) < 4.78 is 142. The first-order chi connectivity index (χ1) is 42.8. The van der Waals surface area contributed by atoms with Crippen LogP contribution in [-0.2, 0) is 60.3 Å². The van der Waals surface area contributed by atoms with Gasteiger partial charge in [-0.15, -0.1) is 0 Å². The molecule has 0 radical (unpaired) electrons. The summed E-state index contributed by atoms with van der Waals surface area (Å²) in [6, 6.07) is 8.31. The van der Waals surface area contributed by atoms with Gasteiger partial charge in [-0.3, -0.25) is 0 Å². The Labute approximate surface area is 566 Å². The molecule has 5 aromatic heterocycles. The van der Waals surface area contributed by atoms with Crippen molar-refractivity contribution >= 4 is 85.9 Å². The van der Waals surface area contributed by atoms with Gasteiger partial charge in [0.15, 0.2) is 17.4 Å². The Morgan fingerprint density at radius 3 is 1.13 bits per heavy atom. The van der Waals surface area contributed by atoms with Crippen LogP contribution in [-0.4, -0.2) is 178 Å². The molecule has 1 saturated carbocycles. The molecule has 20 nitrogen and oxygen atoms in total. The highest BCUT2D eigenvalue weighted by Crippen LogP contribution is 2.51. The van der Waals surface area contributed by atoms with Crippen molar-refractivity contribution in [1.29, 1.82) is 0 Å². The Bertz CT molecular complexity index is 3160. The summed E-state index contributed by atoms with van der Waals surface area (Å²) in [5.41, 5.74) is -4.06. The standard InChI is InChI=1S/C13H16BrF2NO3.C13H18BrNO4.C13H16BrNO4.C11H12BrF2NO.C10H12BrF2NO3/c1-12(2)19-6-13(7-20-12,11(15)16)9-4-8(14)5-17-10(9)18-3;2*1-12(2)18-7-13(6-16,8-19-12)10-4-9(14)5-15-11(10)17-3;1-16-9-8(5-7(12)6-15-9)11(10(13)14)3-2-4-11;1-17-8-7(2-6(11)3-14-8)10(4-15,5-16)9(12)13/h4-5,11H,6-7H2,1-3H3;4-5,16H,6-8H2,1-3H3;4-6H,7-8H2,1-3H3;5-6,10H,2-4H2,1H3;2-3,9,15-16H,4-5H2,1H3. The third-order valence-corrected chi connectivity index (χ3v) is 17.6. The van der Waals surface area contributed by atoms with E-state index in [1.807, 2.05) is 39.8 Å². The minimum absolute atomic E-state index is 0.0330. The molecular formula is C60H74Br5F6N5O15. The predicted octanol–water partition coefficient (Wildman–Crippen LogP) is 12.0. The molecule has 3 saturated heterocycles. The Balaban J connectivity index is 0.000000207. The van der Waals surface area contributed by atoms with Crippen LogP contribution in [0.4, 0.5) is 26.3 Å². The summed E-state index contributed by atoms with van der Waals surface area (Å²) in [6.45, 7) is 9.66. The Hall–Kier alpha value is -3.96. The van der Waals surface area contributed by atoms with Gasteiger partial charge in [0.25, 0.3) is 12.9 Å². The molecule has 4 aliphatic rings. The maximum absolute atomic E-state index is 13.7. The number of ether oxygens (including phenoxy) is 11. The number of halogens is 11. The number of alkyl halides is 6. The van der Waals surface area contributed by atoms with Gasteiger partial charge in [-0.1, -0.05) is 6.42 Å². The SMILES string of the molecule is COc1ncc(Br)cc1C(CO)(CO)C(F)F.COc1ncc(Br)cc1C1(C(F)F)CCC1.COc1ncc(Br)cc1C1(C(F)F)COC(C)(C)OC1.COc1ncc(Br)cc1C1(C=O)COC(C)(C)OC1.COc1ncc(Br)cc1C1(CO)COC(C)(C)OC1. The number of nitrogens with zero attached hydrogens (tertiary/aromatic N) is 5. The normalized spacial score (nSPS) is 18.8. The number of aldehydes is 1. The van der Waals surface area contributed by atoms with E-state index in [2.05, 4.69) is 105 Å². The smallest absolute Gasteiger partial charge is 0.252 e. The van der Waals surface area contributed by atoms with E-state index in [1.54, 1.807) is 51.7 Å². The fraction of sp³-hybridized carbons (Fsp3) is 0.567. The van der Waals surface area contributed by atoms with Gasteiger partial charge in [-0.2, -0.15) is 0 Å². The minimum Gasteiger partial charge on any atom is -0.481 e. The van der Waals surface area contributed by atoms with Gasteiger partial charge in [0.05, 0.1) is 106 Å². The van der Waals surface area contributed by atoms with Gasteiger partial charge in [0.2, 0.25) is 35.8 Å². The quantitative estimate of drug-likeness (QED) is 0.0579. The van der Waals surface area contributed by atoms with Crippen LogP contribution in [0.15, 0.2) is 83.7 Å². The summed E-state index contributed by atoms with van der Waals surface area (Å²) in [5.74, 6) is -0.887. The van der Waals surface area contributed by atoms with Crippen LogP contribution in [0, 0.1) is 0 Å². The monoisotopic (exact) mass is 1610 g/mol. The Kier molecular flexibility index (Phi) is 28.3. The molecule has 8 heterocycles. The van der Waals surface area contributed by atoms with E-state index in [9.17, 15) is 46.5 Å². The molecule has 3 N–H and O–H groups in total. The molecule has 3 aliphatic heterocycles. The topological polar surface area (TPSA) is 244 Å². The van der Waals surface area contributed by atoms with Gasteiger partial charge < -0.3 is 72.2 Å². The van der Waals surface area contributed by atoms with Gasteiger partial charge in [0.1, 0.15) is 22.5 Å². The van der Waals surface area contributed by atoms with Gasteiger partial charge in [-0.25, -0.2) is 51.3 Å². The highest BCUT2D eigenvalue weighted by Gasteiger charge is 2.52. The van der Waals surface area contributed by atoms with E-state index in [0.717, 1.165) is 27.2 Å². The summed E-state index contributed by atoms with van der Waals surface area (Å²) in [7, 11) is 7.21. The maximum atomic E-state index is 13.7. The summed E-state index contributed by atoms with van der Waals surface area (Å²) in [5, 5.41) is 28.2. The van der Waals surface area contributed by atoms with Crippen molar-refractivity contribution in [2.24, 2.45) is 0 Å². The largest absolute Gasteiger partial charge is 0.481 e. The molecule has 9 rings (SSSR count). The lowest BCUT2D eigenvalue weighted by molar-refractivity contribution is -0.283. The van der Waals surface area contributed by atoms with Crippen LogP contribution in [0.1, 0.15) is 88.6 Å². The number of carbonyl (C=O) groups is 1. The molecule has 5 aromatic rings. The Morgan fingerprint density at radius 2 is 0.802 bits per heavy atom. The van der Waals surface area contributed by atoms with Crippen molar-refractivity contribution in [1.82, 2.24) is 24.9 Å². The first-order valence-corrected chi connectivity index (χ1v) is 31.7. The van der Waals surface area contributed by atoms with E-state index in [4.69, 9.17) is 52.1 Å². The maximum Gasteiger partial charge on any atom is 0.252 e. The molecule has 0 atom stereocenters. The Morgan fingerprint density at radius 1 is 0.484 bits per heavy atom. The molecule has 0 bridgehead atoms. The number of aromatic nitrogens is 5. The fourth-order valence-electron chi connectivity index (χ4n) is 9.49. The molecular weight excluding hydrogens is 1540 g/mol. The highest BCUT2D eigenvalue weighted by atomic mass is 79.9. The average molecular weight is 1620 g/mol. The van der Waals surface area contributed by atoms with Crippen LogP contribution in [0.3, 0.4) is 0 Å². The lowest BCUT2D eigenvalue weighted by Crippen LogP contribution is -2.53. The lowest BCUT2D eigenvalue weighted by atomic mass is 9.65. The van der Waals surface area contributed by atoms with Crippen molar-refractivity contribution in [2.75, 3.05) is 95.0 Å². The first kappa shape index (κ1) is 77.7. The molecule has 506 valence electrons. The lowest BCUT2D eigenvalue weighted by Gasteiger charge is -2.43. The minimum atomic E-state index is -2.94. The van der Waals surface area contributed by atoms with Gasteiger partial charge in [0, 0.05) is 81.2 Å². The van der Waals surface area contributed by atoms with Gasteiger partial charge in [-0.05, 0) is 164 Å². The summed E-state index contributed by atoms with van der Waals surface area (Å²) >= 11 is 16.3. The number of carbonyl (C=O) groups excluding carboxylic acids is 1. The van der Waals surface area contributed by atoms with E-state index < -0.39 is 76.9 Å². The molecule has 1 aliphatic carbocycles. The molecule has 0 unspecified atom stereocenters. The van der Waals surface area contributed by atoms with Crippen molar-refractivity contribution < 1.29 is 98.6 Å². The van der Waals surface area contributed by atoms with Gasteiger partial charge >= 0.3 is 0 Å². The number of pyridine rings is 5. The zero-order valence-corrected chi connectivity index (χ0v) is 59.6. The van der Waals surface area contributed by atoms with Crippen molar-refractivity contribution in [2.45, 2.75) is 125 Å². The summed E-state index contributed by atoms with van der Waals surface area (Å²) in [4.78, 5) is 31.8. The zero-order valence-electron chi connectivity index (χ0n) is 51.7. The number of hydrogen-bond donors (Lipinski definition) is 3. The van der Waals surface area contributed by atoms with Crippen molar-refractivity contribution in [3.05, 3.63) is 111 Å². The van der Waals surface area contributed by atoms with Crippen LogP contribution >= 0.6 is 79.6 Å². The van der Waals surface area contributed by atoms with Crippen LogP contribution < -0.4 is 23.7 Å². The van der Waals surface area contributed by atoms with E-state index >= 15 is 0 Å². The number of aliphatic hydroxyl groups excluding tert-OH is 3. The van der Waals surface area contributed by atoms with E-state index in [1.165, 1.54) is 46.9 Å². The second-order valence-electron chi connectivity index (χ2n) is 22.7. The van der Waals surface area contributed by atoms with Crippen LogP contribution in [0.2, 0.25) is 0 Å². The average Bonchev–Trinajstić information content (AvgIpc) is 0.815. The predicted molar refractivity (Wildman–Crippen MR) is 338 cm³/mol. The number of methoxy groups -OCH3 is 5. The van der Waals surface area contributed by atoms with Crippen molar-refractivity contribution in [3.63, 3.8) is 0 Å². The third kappa shape index (κ3) is 18.5. The number of aliphatic hydroxyl groups is 3. The fourth-order valence-corrected chi connectivity index (χ4v) is 11.2. The summed E-state index contributed by atoms with van der Waals surface area (Å²) in [6.07, 6.45) is 2.41.